The molecule has 2 aliphatic rings. The van der Waals surface area contributed by atoms with Crippen LogP contribution in [0.5, 0.6) is 0 Å². The maximum Gasteiger partial charge on any atom is 0.237 e. The molecule has 1 aliphatic heterocycles. The highest BCUT2D eigenvalue weighted by atomic mass is 32.2. The van der Waals surface area contributed by atoms with Gasteiger partial charge in [0.05, 0.1) is 12.1 Å². The van der Waals surface area contributed by atoms with Crippen LogP contribution in [0.2, 0.25) is 0 Å². The average molecular weight is 449 g/mol. The second-order valence-corrected chi connectivity index (χ2v) is 11.5. The van der Waals surface area contributed by atoms with Crippen LogP contribution in [0.4, 0.5) is 0 Å². The van der Waals surface area contributed by atoms with Crippen molar-refractivity contribution in [1.82, 2.24) is 10.2 Å². The summed E-state index contributed by atoms with van der Waals surface area (Å²) < 4.78 is 0. The quantitative estimate of drug-likeness (QED) is 0.477. The first kappa shape index (κ1) is 24.5. The summed E-state index contributed by atoms with van der Waals surface area (Å²) in [5.41, 5.74) is 12.6. The topological polar surface area (TPSA) is 105 Å². The van der Waals surface area contributed by atoms with Crippen LogP contribution in [0.15, 0.2) is 35.2 Å². The number of likely N-dealkylation sites (tertiary alicyclic amines) is 1. The zero-order valence-electron chi connectivity index (χ0n) is 19.2. The van der Waals surface area contributed by atoms with Gasteiger partial charge < -0.3 is 21.9 Å². The minimum absolute atomic E-state index is 0.000723. The van der Waals surface area contributed by atoms with Gasteiger partial charge in [-0.25, -0.2) is 0 Å². The molecule has 1 heterocycles. The van der Waals surface area contributed by atoms with Crippen LogP contribution >= 0.6 is 11.8 Å². The summed E-state index contributed by atoms with van der Waals surface area (Å²) in [6, 6.07) is 9.38. The highest BCUT2D eigenvalue weighted by Gasteiger charge is 2.48. The zero-order chi connectivity index (χ0) is 22.6. The zero-order valence-corrected chi connectivity index (χ0v) is 20.0. The van der Waals surface area contributed by atoms with Crippen molar-refractivity contribution in [3.8, 4) is 0 Å². The molecule has 6 nitrogen and oxygen atoms in total. The number of piperidine rings is 1. The Morgan fingerprint density at radius 2 is 2.03 bits per heavy atom. The van der Waals surface area contributed by atoms with Crippen molar-refractivity contribution in [2.75, 3.05) is 18.8 Å². The van der Waals surface area contributed by atoms with Crippen molar-refractivity contribution in [2.45, 2.75) is 87.0 Å². The molecule has 2 fully saturated rings. The van der Waals surface area contributed by atoms with E-state index in [1.54, 1.807) is 11.8 Å². The van der Waals surface area contributed by atoms with Gasteiger partial charge in [-0.1, -0.05) is 31.0 Å². The third-order valence-electron chi connectivity index (χ3n) is 6.63. The number of carbonyl (C=O) groups is 1. The van der Waals surface area contributed by atoms with E-state index in [0.29, 0.717) is 24.6 Å². The van der Waals surface area contributed by atoms with Crippen molar-refractivity contribution < 1.29 is 9.90 Å². The van der Waals surface area contributed by atoms with E-state index in [4.69, 9.17) is 11.5 Å². The minimum atomic E-state index is -0.699. The number of amides is 1. The number of fused-ring (bicyclic) bond motifs is 1. The van der Waals surface area contributed by atoms with Crippen LogP contribution < -0.4 is 16.8 Å². The number of nitrogens with two attached hydrogens (primary N) is 2. The van der Waals surface area contributed by atoms with Gasteiger partial charge in [-0.05, 0) is 58.1 Å². The van der Waals surface area contributed by atoms with Crippen LogP contribution in [0, 0.1) is 5.92 Å². The number of aliphatic hydroxyl groups is 1. The molecule has 0 radical (unpaired) electrons. The smallest absolute Gasteiger partial charge is 0.237 e. The average Bonchev–Trinajstić information content (AvgIpc) is 2.71. The highest BCUT2D eigenvalue weighted by molar-refractivity contribution is 7.99. The van der Waals surface area contributed by atoms with Gasteiger partial charge in [-0.2, -0.15) is 0 Å². The molecule has 1 aliphatic carbocycles. The second kappa shape index (κ2) is 10.2. The normalized spacial score (nSPS) is 29.1. The first-order valence-corrected chi connectivity index (χ1v) is 12.5. The Bertz CT molecular complexity index is 726. The number of nitrogens with zero attached hydrogens (tertiary/aromatic N) is 1. The van der Waals surface area contributed by atoms with Crippen molar-refractivity contribution in [3.63, 3.8) is 0 Å². The summed E-state index contributed by atoms with van der Waals surface area (Å²) in [6.45, 7) is 7.11. The Labute approximate surface area is 191 Å². The Balaban J connectivity index is 1.66. The molecule has 5 atom stereocenters. The minimum Gasteiger partial charge on any atom is -0.390 e. The lowest BCUT2D eigenvalue weighted by Gasteiger charge is -2.52. The molecule has 7 heteroatoms. The summed E-state index contributed by atoms with van der Waals surface area (Å²) in [4.78, 5) is 16.5. The van der Waals surface area contributed by atoms with E-state index in [1.807, 2.05) is 51.1 Å². The molecule has 0 bridgehead atoms. The lowest BCUT2D eigenvalue weighted by Crippen LogP contribution is -2.67. The molecule has 1 aromatic rings. The largest absolute Gasteiger partial charge is 0.390 e. The molecular formula is C24H40N4O2S. The molecule has 1 amide bonds. The van der Waals surface area contributed by atoms with E-state index in [9.17, 15) is 9.90 Å². The lowest BCUT2D eigenvalue weighted by atomic mass is 9.67. The fraction of sp³-hybridized carbons (Fsp3) is 0.708. The second-order valence-electron chi connectivity index (χ2n) is 10.4. The molecular weight excluding hydrogens is 408 g/mol. The maximum absolute atomic E-state index is 13.2. The number of hydrogen-bond acceptors (Lipinski definition) is 6. The number of β-amino-alcohol motifs (C(OH)–C–C–N with tert-alkyl or cyclic N) is 1. The van der Waals surface area contributed by atoms with E-state index in [1.165, 1.54) is 6.42 Å². The summed E-state index contributed by atoms with van der Waals surface area (Å²) in [7, 11) is 0. The first-order chi connectivity index (χ1) is 14.6. The van der Waals surface area contributed by atoms with Crippen LogP contribution in [-0.2, 0) is 4.79 Å². The molecule has 1 saturated carbocycles. The van der Waals surface area contributed by atoms with E-state index in [-0.39, 0.29) is 29.1 Å². The summed E-state index contributed by atoms with van der Waals surface area (Å²) in [6.07, 6.45) is 4.32. The number of nitrogens with one attached hydrogen (secondary N) is 1. The predicted molar refractivity (Wildman–Crippen MR) is 128 cm³/mol. The van der Waals surface area contributed by atoms with Gasteiger partial charge >= 0.3 is 0 Å². The molecule has 0 unspecified atom stereocenters. The van der Waals surface area contributed by atoms with Crippen LogP contribution in [0.3, 0.4) is 0 Å². The van der Waals surface area contributed by atoms with E-state index < -0.39 is 6.10 Å². The van der Waals surface area contributed by atoms with Crippen LogP contribution in [-0.4, -0.2) is 64.0 Å². The van der Waals surface area contributed by atoms with Crippen molar-refractivity contribution in [2.24, 2.45) is 17.4 Å². The van der Waals surface area contributed by atoms with Crippen LogP contribution in [0.1, 0.15) is 52.9 Å². The van der Waals surface area contributed by atoms with Gasteiger partial charge in [0.2, 0.25) is 5.91 Å². The molecule has 6 N–H and O–H groups in total. The number of hydrogen-bond donors (Lipinski definition) is 4. The molecule has 3 rings (SSSR count). The Kier molecular flexibility index (Phi) is 8.08. The third kappa shape index (κ3) is 6.68. The summed E-state index contributed by atoms with van der Waals surface area (Å²) in [5.74, 6) is 0.991. The van der Waals surface area contributed by atoms with Gasteiger partial charge in [0.25, 0.3) is 0 Å². The Morgan fingerprint density at radius 3 is 2.71 bits per heavy atom. The SMILES string of the molecule is CC(C)(C)NC(=O)[C@@H]1C[C@]2(N)CCCC[C@@H]2CN1C[C@@H](O)[C@@H](N)CSc1ccccc1. The Morgan fingerprint density at radius 1 is 1.32 bits per heavy atom. The van der Waals surface area contributed by atoms with Gasteiger partial charge in [0, 0.05) is 40.9 Å². The monoisotopic (exact) mass is 448 g/mol. The molecule has 174 valence electrons. The molecule has 0 aromatic heterocycles. The lowest BCUT2D eigenvalue weighted by molar-refractivity contribution is -0.133. The predicted octanol–water partition coefficient (Wildman–Crippen LogP) is 2.34. The number of carbonyl (C=O) groups excluding carboxylic acids is 1. The fourth-order valence-corrected chi connectivity index (χ4v) is 5.84. The number of rotatable bonds is 7. The van der Waals surface area contributed by atoms with Crippen molar-refractivity contribution in [3.05, 3.63) is 30.3 Å². The summed E-state index contributed by atoms with van der Waals surface area (Å²) in [5, 5.41) is 14.0. The van der Waals surface area contributed by atoms with E-state index >= 15 is 0 Å². The van der Waals surface area contributed by atoms with E-state index in [2.05, 4.69) is 10.2 Å². The van der Waals surface area contributed by atoms with Gasteiger partial charge in [0.15, 0.2) is 0 Å². The molecule has 1 saturated heterocycles. The highest BCUT2D eigenvalue weighted by Crippen LogP contribution is 2.40. The van der Waals surface area contributed by atoms with Gasteiger partial charge in [0.1, 0.15) is 0 Å². The Hall–Kier alpha value is -1.12. The number of thioether (sulfide) groups is 1. The maximum atomic E-state index is 13.2. The van der Waals surface area contributed by atoms with Crippen molar-refractivity contribution in [1.29, 1.82) is 0 Å². The third-order valence-corrected chi connectivity index (χ3v) is 7.79. The van der Waals surface area contributed by atoms with E-state index in [0.717, 1.165) is 30.7 Å². The fourth-order valence-electron chi connectivity index (χ4n) is 4.89. The standard InChI is InChI=1S/C24H40N4O2S/c1-23(2,3)27-22(30)20-13-24(26)12-8-7-9-17(24)14-28(20)15-21(29)19(25)16-31-18-10-5-4-6-11-18/h4-6,10-11,17,19-21,29H,7-9,12-16,25-26H2,1-3H3,(H,27,30)/t17-,19+,20+,21-,24-/m1/s1. The van der Waals surface area contributed by atoms with Crippen LogP contribution in [0.25, 0.3) is 0 Å². The summed E-state index contributed by atoms with van der Waals surface area (Å²) >= 11 is 1.65. The molecule has 1 aromatic carbocycles. The first-order valence-electron chi connectivity index (χ1n) is 11.5. The number of benzene rings is 1. The number of aliphatic hydroxyl groups excluding tert-OH is 1. The van der Waals surface area contributed by atoms with Gasteiger partial charge in [-0.15, -0.1) is 11.8 Å². The molecule has 31 heavy (non-hydrogen) atoms. The van der Waals surface area contributed by atoms with Crippen molar-refractivity contribution >= 4 is 17.7 Å². The van der Waals surface area contributed by atoms with Gasteiger partial charge in [-0.3, -0.25) is 9.69 Å². The molecule has 0 spiro atoms.